The van der Waals surface area contributed by atoms with E-state index in [4.69, 9.17) is 0 Å². The van der Waals surface area contributed by atoms with E-state index in [1.54, 1.807) is 0 Å². The minimum Gasteiger partial charge on any atom is -0.334 e. The van der Waals surface area contributed by atoms with Crippen LogP contribution in [0.15, 0.2) is 12.4 Å². The van der Waals surface area contributed by atoms with Crippen LogP contribution in [0.2, 0.25) is 0 Å². The van der Waals surface area contributed by atoms with Gasteiger partial charge in [-0.1, -0.05) is 13.8 Å². The number of aromatic nitrogens is 2. The topological polar surface area (TPSA) is 21.1 Å². The van der Waals surface area contributed by atoms with Crippen LogP contribution in [0.1, 0.15) is 32.5 Å². The second-order valence-electron chi connectivity index (χ2n) is 4.87. The zero-order valence-electron chi connectivity index (χ0n) is 9.82. The molecule has 0 aliphatic carbocycles. The molecule has 1 aromatic heterocycles. The number of hydrogen-bond donors (Lipinski definition) is 0. The van der Waals surface area contributed by atoms with Crippen molar-refractivity contribution in [3.8, 4) is 0 Å². The molecule has 0 bridgehead atoms. The minimum atomic E-state index is 0.691. The molecule has 0 N–H and O–H groups in total. The second kappa shape index (κ2) is 4.79. The number of rotatable bonds is 4. The molecule has 1 aliphatic heterocycles. The first-order valence-electron chi connectivity index (χ1n) is 5.98. The molecule has 1 saturated heterocycles. The summed E-state index contributed by atoms with van der Waals surface area (Å²) in [4.78, 5) is 6.95. The normalized spacial score (nSPS) is 17.8. The zero-order chi connectivity index (χ0) is 10.7. The van der Waals surface area contributed by atoms with Crippen LogP contribution < -0.4 is 0 Å². The van der Waals surface area contributed by atoms with Gasteiger partial charge in [-0.05, 0) is 31.8 Å². The summed E-state index contributed by atoms with van der Waals surface area (Å²) in [6, 6.07) is 0. The Morgan fingerprint density at radius 3 is 2.73 bits per heavy atom. The number of hydrogen-bond acceptors (Lipinski definition) is 2. The second-order valence-corrected chi connectivity index (χ2v) is 4.87. The van der Waals surface area contributed by atoms with Gasteiger partial charge in [0.1, 0.15) is 5.82 Å². The molecule has 2 rings (SSSR count). The van der Waals surface area contributed by atoms with Crippen molar-refractivity contribution in [2.24, 2.45) is 5.92 Å². The molecular weight excluding hydrogens is 186 g/mol. The van der Waals surface area contributed by atoms with Crippen LogP contribution in [-0.2, 0) is 13.1 Å². The highest BCUT2D eigenvalue weighted by atomic mass is 15.2. The Morgan fingerprint density at radius 2 is 2.07 bits per heavy atom. The van der Waals surface area contributed by atoms with Crippen molar-refractivity contribution >= 4 is 0 Å². The zero-order valence-corrected chi connectivity index (χ0v) is 9.82. The molecule has 0 spiro atoms. The molecule has 0 radical (unpaired) electrons. The minimum absolute atomic E-state index is 0.691. The van der Waals surface area contributed by atoms with Crippen LogP contribution in [-0.4, -0.2) is 27.5 Å². The lowest BCUT2D eigenvalue weighted by molar-refractivity contribution is 0.313. The van der Waals surface area contributed by atoms with Gasteiger partial charge in [-0.25, -0.2) is 4.98 Å². The van der Waals surface area contributed by atoms with Crippen LogP contribution in [0.3, 0.4) is 0 Å². The summed E-state index contributed by atoms with van der Waals surface area (Å²) in [5, 5.41) is 0. The Balaban J connectivity index is 1.97. The van der Waals surface area contributed by atoms with Gasteiger partial charge in [-0.15, -0.1) is 0 Å². The van der Waals surface area contributed by atoms with E-state index in [9.17, 15) is 0 Å². The van der Waals surface area contributed by atoms with Crippen molar-refractivity contribution < 1.29 is 0 Å². The van der Waals surface area contributed by atoms with Gasteiger partial charge in [0.05, 0.1) is 6.54 Å². The third-order valence-corrected chi connectivity index (χ3v) is 2.93. The van der Waals surface area contributed by atoms with E-state index in [2.05, 4.69) is 34.5 Å². The molecule has 1 aliphatic rings. The Labute approximate surface area is 92.1 Å². The van der Waals surface area contributed by atoms with Crippen LogP contribution in [0.4, 0.5) is 0 Å². The molecule has 0 saturated carbocycles. The van der Waals surface area contributed by atoms with Gasteiger partial charge in [0.2, 0.25) is 0 Å². The summed E-state index contributed by atoms with van der Waals surface area (Å²) < 4.78 is 2.29. The van der Waals surface area contributed by atoms with E-state index >= 15 is 0 Å². The predicted molar refractivity (Wildman–Crippen MR) is 61.6 cm³/mol. The Kier molecular flexibility index (Phi) is 3.41. The largest absolute Gasteiger partial charge is 0.334 e. The van der Waals surface area contributed by atoms with Gasteiger partial charge in [0.25, 0.3) is 0 Å². The maximum atomic E-state index is 4.45. The Morgan fingerprint density at radius 1 is 1.33 bits per heavy atom. The molecule has 0 unspecified atom stereocenters. The predicted octanol–water partition coefficient (Wildman–Crippen LogP) is 2.13. The van der Waals surface area contributed by atoms with E-state index in [0.29, 0.717) is 5.92 Å². The maximum absolute atomic E-state index is 4.45. The molecule has 3 nitrogen and oxygen atoms in total. The van der Waals surface area contributed by atoms with E-state index < -0.39 is 0 Å². The summed E-state index contributed by atoms with van der Waals surface area (Å²) in [5.41, 5.74) is 0. The standard InChI is InChI=1S/C12H21N3/c1-11(2)9-15-8-5-13-12(15)10-14-6-3-4-7-14/h5,8,11H,3-4,6-7,9-10H2,1-2H3. The molecule has 2 heterocycles. The highest BCUT2D eigenvalue weighted by Crippen LogP contribution is 2.12. The SMILES string of the molecule is CC(C)Cn1ccnc1CN1CCCC1. The number of imidazole rings is 1. The molecule has 15 heavy (non-hydrogen) atoms. The van der Waals surface area contributed by atoms with Crippen molar-refractivity contribution in [2.45, 2.75) is 39.8 Å². The van der Waals surface area contributed by atoms with E-state index in [1.807, 2.05) is 6.20 Å². The molecule has 0 aromatic carbocycles. The first kappa shape index (κ1) is 10.7. The highest BCUT2D eigenvalue weighted by molar-refractivity contribution is 4.93. The van der Waals surface area contributed by atoms with E-state index in [1.165, 1.54) is 31.8 Å². The highest BCUT2D eigenvalue weighted by Gasteiger charge is 2.14. The fraction of sp³-hybridized carbons (Fsp3) is 0.750. The maximum Gasteiger partial charge on any atom is 0.122 e. The third kappa shape index (κ3) is 2.81. The Bertz CT molecular complexity index is 298. The average Bonchev–Trinajstić information content (AvgIpc) is 2.78. The lowest BCUT2D eigenvalue weighted by Crippen LogP contribution is -2.21. The molecule has 84 valence electrons. The van der Waals surface area contributed by atoms with E-state index in [-0.39, 0.29) is 0 Å². The monoisotopic (exact) mass is 207 g/mol. The Hall–Kier alpha value is -0.830. The number of nitrogens with zero attached hydrogens (tertiary/aromatic N) is 3. The van der Waals surface area contributed by atoms with Gasteiger partial charge in [-0.2, -0.15) is 0 Å². The van der Waals surface area contributed by atoms with Gasteiger partial charge in [-0.3, -0.25) is 4.90 Å². The summed E-state index contributed by atoms with van der Waals surface area (Å²) in [6.45, 7) is 9.10. The van der Waals surface area contributed by atoms with Gasteiger partial charge < -0.3 is 4.57 Å². The molecule has 1 aromatic rings. The van der Waals surface area contributed by atoms with Crippen molar-refractivity contribution in [3.05, 3.63) is 18.2 Å². The fourth-order valence-electron chi connectivity index (χ4n) is 2.19. The first-order chi connectivity index (χ1) is 7.25. The summed E-state index contributed by atoms with van der Waals surface area (Å²) in [7, 11) is 0. The quantitative estimate of drug-likeness (QED) is 0.754. The molecule has 0 amide bonds. The lowest BCUT2D eigenvalue weighted by Gasteiger charge is -2.16. The van der Waals surface area contributed by atoms with Gasteiger partial charge in [0, 0.05) is 18.9 Å². The fourth-order valence-corrected chi connectivity index (χ4v) is 2.19. The average molecular weight is 207 g/mol. The van der Waals surface area contributed by atoms with Crippen molar-refractivity contribution in [1.82, 2.24) is 14.5 Å². The first-order valence-corrected chi connectivity index (χ1v) is 5.98. The van der Waals surface area contributed by atoms with Crippen LogP contribution in [0.25, 0.3) is 0 Å². The molecular formula is C12H21N3. The van der Waals surface area contributed by atoms with Crippen molar-refractivity contribution in [3.63, 3.8) is 0 Å². The third-order valence-electron chi connectivity index (χ3n) is 2.93. The van der Waals surface area contributed by atoms with Crippen LogP contribution >= 0.6 is 0 Å². The van der Waals surface area contributed by atoms with Crippen LogP contribution in [0.5, 0.6) is 0 Å². The summed E-state index contributed by atoms with van der Waals surface area (Å²) >= 11 is 0. The van der Waals surface area contributed by atoms with Crippen molar-refractivity contribution in [1.29, 1.82) is 0 Å². The molecule has 1 fully saturated rings. The van der Waals surface area contributed by atoms with Gasteiger partial charge in [0.15, 0.2) is 0 Å². The molecule has 0 atom stereocenters. The molecule has 3 heteroatoms. The number of likely N-dealkylation sites (tertiary alicyclic amines) is 1. The van der Waals surface area contributed by atoms with Crippen LogP contribution in [0, 0.1) is 5.92 Å². The smallest absolute Gasteiger partial charge is 0.122 e. The summed E-state index contributed by atoms with van der Waals surface area (Å²) in [5.74, 6) is 1.92. The summed E-state index contributed by atoms with van der Waals surface area (Å²) in [6.07, 6.45) is 6.73. The van der Waals surface area contributed by atoms with E-state index in [0.717, 1.165) is 13.1 Å². The van der Waals surface area contributed by atoms with Crippen molar-refractivity contribution in [2.75, 3.05) is 13.1 Å². The van der Waals surface area contributed by atoms with Gasteiger partial charge >= 0.3 is 0 Å². The lowest BCUT2D eigenvalue weighted by atomic mass is 10.2.